The molecule has 0 bridgehead atoms. The van der Waals surface area contributed by atoms with Gasteiger partial charge in [-0.05, 0) is 55.2 Å². The van der Waals surface area contributed by atoms with Crippen molar-refractivity contribution in [3.8, 4) is 11.1 Å². The first kappa shape index (κ1) is 21.1. The van der Waals surface area contributed by atoms with Gasteiger partial charge in [-0.1, -0.05) is 29.8 Å². The average molecular weight is 457 g/mol. The summed E-state index contributed by atoms with van der Waals surface area (Å²) >= 11 is 5.99. The summed E-state index contributed by atoms with van der Waals surface area (Å²) in [6, 6.07) is 9.78. The number of imide groups is 1. The molecule has 0 unspecified atom stereocenters. The minimum Gasteiger partial charge on any atom is -0.372 e. The quantitative estimate of drug-likeness (QED) is 0.526. The van der Waals surface area contributed by atoms with Crippen LogP contribution in [-0.4, -0.2) is 42.4 Å². The lowest BCUT2D eigenvalue weighted by Crippen LogP contribution is -2.72. The second-order valence-electron chi connectivity index (χ2n) is 8.85. The maximum absolute atomic E-state index is 13.7. The van der Waals surface area contributed by atoms with Gasteiger partial charge in [-0.2, -0.15) is 0 Å². The number of carbonyl (C=O) groups excluding carboxylic acids is 3. The molecule has 2 saturated heterocycles. The first-order valence-electron chi connectivity index (χ1n) is 10.6. The minimum atomic E-state index is -1.39. The highest BCUT2D eigenvalue weighted by molar-refractivity contribution is 6.31. The summed E-state index contributed by atoms with van der Waals surface area (Å²) in [7, 11) is 0. The Balaban J connectivity index is 1.66. The van der Waals surface area contributed by atoms with E-state index in [0.29, 0.717) is 6.54 Å². The molecular weight excluding hydrogens is 435 g/mol. The third-order valence-electron chi connectivity index (χ3n) is 6.78. The van der Waals surface area contributed by atoms with Gasteiger partial charge in [0, 0.05) is 12.2 Å². The molecule has 8 heteroatoms. The van der Waals surface area contributed by atoms with Crippen LogP contribution < -0.4 is 10.2 Å². The van der Waals surface area contributed by atoms with Gasteiger partial charge in [0.1, 0.15) is 11.2 Å². The monoisotopic (exact) mass is 456 g/mol. The van der Waals surface area contributed by atoms with E-state index in [1.807, 2.05) is 32.0 Å². The first-order valence-corrected chi connectivity index (χ1v) is 11.0. The van der Waals surface area contributed by atoms with Gasteiger partial charge >= 0.3 is 0 Å². The number of amides is 2. The predicted octanol–water partition coefficient (Wildman–Crippen LogP) is 3.29. The van der Waals surface area contributed by atoms with E-state index in [1.165, 1.54) is 6.07 Å². The normalized spacial score (nSPS) is 29.6. The zero-order valence-corrected chi connectivity index (χ0v) is 18.4. The second-order valence-corrected chi connectivity index (χ2v) is 9.25. The molecule has 32 heavy (non-hydrogen) atoms. The van der Waals surface area contributed by atoms with Crippen LogP contribution in [0.5, 0.6) is 0 Å². The summed E-state index contributed by atoms with van der Waals surface area (Å²) in [4.78, 5) is 40.3. The summed E-state index contributed by atoms with van der Waals surface area (Å²) in [5, 5.41) is 2.42. The molecule has 2 aromatic carbocycles. The fraction of sp³-hybridized carbons (Fsp3) is 0.375. The number of halogens is 2. The number of anilines is 1. The van der Waals surface area contributed by atoms with Crippen LogP contribution in [0, 0.1) is 11.2 Å². The smallest absolute Gasteiger partial charge is 0.242 e. The van der Waals surface area contributed by atoms with Crippen molar-refractivity contribution in [3.05, 3.63) is 52.8 Å². The molecule has 1 spiro atoms. The van der Waals surface area contributed by atoms with Crippen molar-refractivity contribution < 1.29 is 23.5 Å². The number of carbonyl (C=O) groups is 3. The molecule has 5 rings (SSSR count). The van der Waals surface area contributed by atoms with Gasteiger partial charge in [0.05, 0.1) is 29.7 Å². The predicted molar refractivity (Wildman–Crippen MR) is 117 cm³/mol. The van der Waals surface area contributed by atoms with E-state index in [0.717, 1.165) is 22.4 Å². The van der Waals surface area contributed by atoms with Gasteiger partial charge in [0.25, 0.3) is 0 Å². The Kier molecular flexibility index (Phi) is 4.87. The molecular formula is C24H22ClFN2O4. The summed E-state index contributed by atoms with van der Waals surface area (Å²) in [6.07, 6.45) is -0.649. The highest BCUT2D eigenvalue weighted by Crippen LogP contribution is 2.48. The fourth-order valence-electron chi connectivity index (χ4n) is 5.47. The van der Waals surface area contributed by atoms with Gasteiger partial charge in [0.2, 0.25) is 11.8 Å². The van der Waals surface area contributed by atoms with Crippen LogP contribution in [0.1, 0.15) is 25.8 Å². The lowest BCUT2D eigenvalue weighted by atomic mass is 9.63. The lowest BCUT2D eigenvalue weighted by molar-refractivity contribution is -0.158. The van der Waals surface area contributed by atoms with E-state index in [2.05, 4.69) is 10.2 Å². The van der Waals surface area contributed by atoms with Gasteiger partial charge < -0.3 is 9.64 Å². The number of piperidine rings is 1. The SMILES string of the molecule is C[C@@H]1CN2c3cc(-c4ccc(F)c(Cl)c4)ccc3C[C@@]3(C(=O)CC(=O)NC3=O)[C@H]2[C@H](C)O1. The minimum absolute atomic E-state index is 0.0415. The number of ketones is 1. The van der Waals surface area contributed by atoms with E-state index in [1.54, 1.807) is 12.1 Å². The van der Waals surface area contributed by atoms with Crippen LogP contribution in [0.4, 0.5) is 10.1 Å². The van der Waals surface area contributed by atoms with Crippen LogP contribution in [0.3, 0.4) is 0 Å². The fourth-order valence-corrected chi connectivity index (χ4v) is 5.65. The zero-order chi connectivity index (χ0) is 22.8. The van der Waals surface area contributed by atoms with E-state index >= 15 is 0 Å². The molecule has 3 aliphatic rings. The first-order chi connectivity index (χ1) is 15.2. The number of hydrogen-bond acceptors (Lipinski definition) is 5. The molecule has 6 nitrogen and oxygen atoms in total. The third kappa shape index (κ3) is 3.06. The van der Waals surface area contributed by atoms with Crippen molar-refractivity contribution in [2.45, 2.75) is 44.9 Å². The third-order valence-corrected chi connectivity index (χ3v) is 7.07. The molecule has 0 aliphatic carbocycles. The van der Waals surface area contributed by atoms with Crippen LogP contribution in [0.15, 0.2) is 36.4 Å². The highest BCUT2D eigenvalue weighted by Gasteiger charge is 2.62. The Morgan fingerprint density at radius 1 is 1.12 bits per heavy atom. The topological polar surface area (TPSA) is 75.7 Å². The summed E-state index contributed by atoms with van der Waals surface area (Å²) in [6.45, 7) is 4.30. The molecule has 2 amide bonds. The molecule has 0 radical (unpaired) electrons. The molecule has 3 aliphatic heterocycles. The summed E-state index contributed by atoms with van der Waals surface area (Å²) in [5.41, 5.74) is 1.97. The van der Waals surface area contributed by atoms with E-state index in [4.69, 9.17) is 16.3 Å². The molecule has 4 atom stereocenters. The van der Waals surface area contributed by atoms with Crippen LogP contribution in [0.25, 0.3) is 11.1 Å². The molecule has 1 N–H and O–H groups in total. The number of nitrogens with one attached hydrogen (secondary N) is 1. The van der Waals surface area contributed by atoms with Crippen molar-refractivity contribution in [3.63, 3.8) is 0 Å². The van der Waals surface area contributed by atoms with Crippen molar-refractivity contribution in [1.82, 2.24) is 5.32 Å². The van der Waals surface area contributed by atoms with Crippen molar-refractivity contribution >= 4 is 34.9 Å². The second kappa shape index (κ2) is 7.39. The van der Waals surface area contributed by atoms with Crippen LogP contribution in [0.2, 0.25) is 5.02 Å². The Morgan fingerprint density at radius 2 is 1.84 bits per heavy atom. The van der Waals surface area contributed by atoms with Gasteiger partial charge in [0.15, 0.2) is 5.78 Å². The van der Waals surface area contributed by atoms with Gasteiger partial charge in [-0.15, -0.1) is 0 Å². The number of hydrogen-bond donors (Lipinski definition) is 1. The molecule has 2 aromatic rings. The van der Waals surface area contributed by atoms with Crippen LogP contribution >= 0.6 is 11.6 Å². The number of Topliss-reactive ketones (excluding diaryl/α,β-unsaturated/α-hetero) is 1. The Bertz CT molecular complexity index is 1150. The number of ether oxygens (including phenoxy) is 1. The number of nitrogens with zero attached hydrogens (tertiary/aromatic N) is 1. The lowest BCUT2D eigenvalue weighted by Gasteiger charge is -2.55. The van der Waals surface area contributed by atoms with Gasteiger partial charge in [-0.25, -0.2) is 4.39 Å². The van der Waals surface area contributed by atoms with Crippen molar-refractivity contribution in [2.24, 2.45) is 5.41 Å². The average Bonchev–Trinajstić information content (AvgIpc) is 2.73. The molecule has 166 valence electrons. The standard InChI is InChI=1S/C24H22ClFN2O4/c1-12-11-28-19-8-15(14-5-6-18(26)17(25)7-14)3-4-16(19)10-24(22(28)13(2)32-12)20(29)9-21(30)27-23(24)31/h3-8,12-13,22H,9-11H2,1-2H3,(H,27,30,31)/t12-,13+,22-,24-/m1/s1. The van der Waals surface area contributed by atoms with Crippen LogP contribution in [-0.2, 0) is 25.5 Å². The molecule has 0 aromatic heterocycles. The van der Waals surface area contributed by atoms with E-state index in [-0.39, 0.29) is 29.8 Å². The summed E-state index contributed by atoms with van der Waals surface area (Å²) < 4.78 is 19.7. The number of benzene rings is 2. The molecule has 2 fully saturated rings. The molecule has 3 heterocycles. The Morgan fingerprint density at radius 3 is 2.56 bits per heavy atom. The van der Waals surface area contributed by atoms with Crippen molar-refractivity contribution in [1.29, 1.82) is 0 Å². The Hall–Kier alpha value is -2.77. The number of morpholine rings is 1. The van der Waals surface area contributed by atoms with Crippen molar-refractivity contribution in [2.75, 3.05) is 11.4 Å². The number of rotatable bonds is 1. The summed E-state index contributed by atoms with van der Waals surface area (Å²) in [5.74, 6) is -1.98. The maximum atomic E-state index is 13.7. The molecule has 0 saturated carbocycles. The van der Waals surface area contributed by atoms with E-state index < -0.39 is 35.2 Å². The number of fused-ring (bicyclic) bond motifs is 4. The largest absolute Gasteiger partial charge is 0.372 e. The maximum Gasteiger partial charge on any atom is 0.242 e. The highest BCUT2D eigenvalue weighted by atomic mass is 35.5. The van der Waals surface area contributed by atoms with Gasteiger partial charge in [-0.3, -0.25) is 19.7 Å². The van der Waals surface area contributed by atoms with E-state index in [9.17, 15) is 18.8 Å². The Labute approximate surface area is 189 Å². The zero-order valence-electron chi connectivity index (χ0n) is 17.7.